The van der Waals surface area contributed by atoms with Crippen LogP contribution in [0.4, 0.5) is 11.9 Å². The van der Waals surface area contributed by atoms with Gasteiger partial charge in [-0.15, -0.1) is 10.2 Å². The summed E-state index contributed by atoms with van der Waals surface area (Å²) in [5.74, 6) is 1.19. The lowest BCUT2D eigenvalue weighted by Crippen LogP contribution is -2.47. The van der Waals surface area contributed by atoms with Crippen LogP contribution in [0.1, 0.15) is 31.2 Å². The number of nitrogens with zero attached hydrogens (tertiary/aromatic N) is 4. The van der Waals surface area contributed by atoms with Crippen LogP contribution >= 0.6 is 11.6 Å². The summed E-state index contributed by atoms with van der Waals surface area (Å²) in [6.45, 7) is 3.23. The van der Waals surface area contributed by atoms with Crippen LogP contribution in [0.3, 0.4) is 0 Å². The highest BCUT2D eigenvalue weighted by molar-refractivity contribution is 6.30. The van der Waals surface area contributed by atoms with E-state index in [0.29, 0.717) is 18.0 Å². The first-order valence-corrected chi connectivity index (χ1v) is 9.50. The van der Waals surface area contributed by atoms with Crippen molar-refractivity contribution in [1.29, 1.82) is 0 Å². The molecule has 7 heteroatoms. The number of aromatic nitrogens is 3. The number of anilines is 2. The predicted molar refractivity (Wildman–Crippen MR) is 101 cm³/mol. The van der Waals surface area contributed by atoms with Gasteiger partial charge in [-0.25, -0.2) is 0 Å². The van der Waals surface area contributed by atoms with E-state index < -0.39 is 0 Å². The molecule has 1 aromatic carbocycles. The molecule has 2 fully saturated rings. The molecule has 0 spiro atoms. The van der Waals surface area contributed by atoms with Crippen LogP contribution in [0.2, 0.25) is 5.02 Å². The van der Waals surface area contributed by atoms with Gasteiger partial charge in [-0.1, -0.05) is 23.7 Å². The minimum absolute atomic E-state index is 0.389. The summed E-state index contributed by atoms with van der Waals surface area (Å²) in [5.41, 5.74) is 7.03. The molecule has 25 heavy (non-hydrogen) atoms. The van der Waals surface area contributed by atoms with Gasteiger partial charge in [0.2, 0.25) is 11.9 Å². The molecular weight excluding hydrogens is 336 g/mol. The molecule has 134 valence electrons. The van der Waals surface area contributed by atoms with Gasteiger partial charge < -0.3 is 10.6 Å². The number of piperidine rings is 1. The number of rotatable bonds is 4. The van der Waals surface area contributed by atoms with Gasteiger partial charge in [0, 0.05) is 30.2 Å². The Morgan fingerprint density at radius 1 is 1.08 bits per heavy atom. The van der Waals surface area contributed by atoms with Crippen molar-refractivity contribution in [1.82, 2.24) is 20.1 Å². The minimum atomic E-state index is 0.389. The van der Waals surface area contributed by atoms with Gasteiger partial charge in [-0.3, -0.25) is 9.88 Å². The molecule has 0 radical (unpaired) electrons. The van der Waals surface area contributed by atoms with Crippen LogP contribution in [0.15, 0.2) is 24.3 Å². The van der Waals surface area contributed by atoms with Gasteiger partial charge in [0.15, 0.2) is 0 Å². The summed E-state index contributed by atoms with van der Waals surface area (Å²) < 4.78 is 0. The van der Waals surface area contributed by atoms with E-state index in [1.165, 1.54) is 24.9 Å². The Morgan fingerprint density at radius 2 is 1.84 bits per heavy atom. The Kier molecular flexibility index (Phi) is 4.81. The van der Waals surface area contributed by atoms with Crippen LogP contribution in [0.25, 0.3) is 0 Å². The monoisotopic (exact) mass is 360 g/mol. The zero-order valence-electron chi connectivity index (χ0n) is 14.4. The quantitative estimate of drug-likeness (QED) is 0.876. The SMILES string of the molecule is Nc1nnc(N2CCC(N3CCCC3Cc3ccc(Cl)cc3)CC2)[nH]1. The average molecular weight is 361 g/mol. The van der Waals surface area contributed by atoms with Gasteiger partial charge in [0.25, 0.3) is 0 Å². The number of likely N-dealkylation sites (tertiary alicyclic amines) is 1. The van der Waals surface area contributed by atoms with Crippen LogP contribution in [0, 0.1) is 0 Å². The first kappa shape index (κ1) is 16.7. The fourth-order valence-corrected chi connectivity index (χ4v) is 4.39. The third-order valence-corrected chi connectivity index (χ3v) is 5.78. The number of benzene rings is 1. The van der Waals surface area contributed by atoms with Crippen molar-refractivity contribution >= 4 is 23.5 Å². The summed E-state index contributed by atoms with van der Waals surface area (Å²) in [7, 11) is 0. The van der Waals surface area contributed by atoms with E-state index in [2.05, 4.69) is 37.1 Å². The Labute approximate surface area is 153 Å². The number of H-pyrrole nitrogens is 1. The fraction of sp³-hybridized carbons (Fsp3) is 0.556. The maximum Gasteiger partial charge on any atom is 0.226 e. The molecule has 2 saturated heterocycles. The van der Waals surface area contributed by atoms with Crippen molar-refractivity contribution in [2.75, 3.05) is 30.3 Å². The Bertz CT molecular complexity index is 692. The molecule has 0 bridgehead atoms. The van der Waals surface area contributed by atoms with Crippen molar-refractivity contribution in [3.63, 3.8) is 0 Å². The lowest BCUT2D eigenvalue weighted by Gasteiger charge is -2.39. The first-order chi connectivity index (χ1) is 12.2. The number of nitrogens with two attached hydrogens (primary N) is 1. The molecule has 1 unspecified atom stereocenters. The molecule has 2 aromatic rings. The van der Waals surface area contributed by atoms with Crippen LogP contribution in [-0.4, -0.2) is 51.8 Å². The van der Waals surface area contributed by atoms with E-state index in [1.54, 1.807) is 0 Å². The third-order valence-electron chi connectivity index (χ3n) is 5.53. The van der Waals surface area contributed by atoms with E-state index in [9.17, 15) is 0 Å². The van der Waals surface area contributed by atoms with E-state index in [0.717, 1.165) is 43.3 Å². The standard InChI is InChI=1S/C18H25ClN6/c19-14-5-3-13(4-6-14)12-16-2-1-9-25(16)15-7-10-24(11-8-15)18-21-17(20)22-23-18/h3-6,15-16H,1-2,7-12H2,(H3,20,21,22,23). The summed E-state index contributed by atoms with van der Waals surface area (Å²) in [4.78, 5) is 8.02. The normalized spacial score (nSPS) is 22.6. The second-order valence-corrected chi connectivity index (χ2v) is 7.55. The van der Waals surface area contributed by atoms with Crippen molar-refractivity contribution in [2.45, 2.75) is 44.2 Å². The summed E-state index contributed by atoms with van der Waals surface area (Å²) >= 11 is 6.01. The highest BCUT2D eigenvalue weighted by atomic mass is 35.5. The number of aromatic amines is 1. The minimum Gasteiger partial charge on any atom is -0.368 e. The number of halogens is 1. The van der Waals surface area contributed by atoms with Gasteiger partial charge in [-0.2, -0.15) is 0 Å². The molecule has 2 aliphatic heterocycles. The highest BCUT2D eigenvalue weighted by Gasteiger charge is 2.33. The van der Waals surface area contributed by atoms with Crippen molar-refractivity contribution in [3.05, 3.63) is 34.9 Å². The first-order valence-electron chi connectivity index (χ1n) is 9.12. The van der Waals surface area contributed by atoms with Crippen molar-refractivity contribution < 1.29 is 0 Å². The largest absolute Gasteiger partial charge is 0.368 e. The molecule has 0 aliphatic carbocycles. The van der Waals surface area contributed by atoms with E-state index in [1.807, 2.05) is 12.1 Å². The molecular formula is C18H25ClN6. The van der Waals surface area contributed by atoms with Crippen LogP contribution in [-0.2, 0) is 6.42 Å². The lowest BCUT2D eigenvalue weighted by atomic mass is 9.99. The number of nitrogens with one attached hydrogen (secondary N) is 1. The number of hydrogen-bond donors (Lipinski definition) is 2. The maximum absolute atomic E-state index is 6.01. The third kappa shape index (κ3) is 3.75. The van der Waals surface area contributed by atoms with E-state index in [4.69, 9.17) is 17.3 Å². The molecule has 6 nitrogen and oxygen atoms in total. The summed E-state index contributed by atoms with van der Waals surface area (Å²) in [6, 6.07) is 9.64. The summed E-state index contributed by atoms with van der Waals surface area (Å²) in [6.07, 6.45) is 6.05. The molecule has 2 aliphatic rings. The van der Waals surface area contributed by atoms with Crippen molar-refractivity contribution in [3.8, 4) is 0 Å². The predicted octanol–water partition coefficient (Wildman–Crippen LogP) is 2.72. The van der Waals surface area contributed by atoms with Crippen molar-refractivity contribution in [2.24, 2.45) is 0 Å². The van der Waals surface area contributed by atoms with E-state index in [-0.39, 0.29) is 0 Å². The van der Waals surface area contributed by atoms with E-state index >= 15 is 0 Å². The number of nitrogen functional groups attached to an aromatic ring is 1. The van der Waals surface area contributed by atoms with Gasteiger partial charge in [0.05, 0.1) is 0 Å². The molecule has 1 atom stereocenters. The second-order valence-electron chi connectivity index (χ2n) is 7.12. The maximum atomic E-state index is 6.01. The molecule has 1 aromatic heterocycles. The molecule has 3 N–H and O–H groups in total. The fourth-order valence-electron chi connectivity index (χ4n) is 4.27. The van der Waals surface area contributed by atoms with Crippen LogP contribution < -0.4 is 10.6 Å². The van der Waals surface area contributed by atoms with Gasteiger partial charge in [0.1, 0.15) is 0 Å². The highest BCUT2D eigenvalue weighted by Crippen LogP contribution is 2.29. The topological polar surface area (TPSA) is 74.1 Å². The van der Waals surface area contributed by atoms with Gasteiger partial charge in [-0.05, 0) is 56.3 Å². The second kappa shape index (κ2) is 7.22. The number of hydrogen-bond acceptors (Lipinski definition) is 5. The Morgan fingerprint density at radius 3 is 2.52 bits per heavy atom. The Hall–Kier alpha value is -1.79. The smallest absolute Gasteiger partial charge is 0.226 e. The van der Waals surface area contributed by atoms with Crippen LogP contribution in [0.5, 0.6) is 0 Å². The summed E-state index contributed by atoms with van der Waals surface area (Å²) in [5, 5.41) is 8.79. The molecule has 0 amide bonds. The molecule has 0 saturated carbocycles. The zero-order valence-corrected chi connectivity index (χ0v) is 15.1. The zero-order chi connectivity index (χ0) is 17.2. The molecule has 3 heterocycles. The molecule has 4 rings (SSSR count). The van der Waals surface area contributed by atoms with Gasteiger partial charge >= 0.3 is 0 Å². The lowest BCUT2D eigenvalue weighted by molar-refractivity contribution is 0.153. The Balaban J connectivity index is 1.35. The average Bonchev–Trinajstić information content (AvgIpc) is 3.26.